The minimum atomic E-state index is 0.113. The molecule has 2 atom stereocenters. The Hall–Kier alpha value is -0.760. The summed E-state index contributed by atoms with van der Waals surface area (Å²) in [7, 11) is 0. The Morgan fingerprint density at radius 2 is 2.08 bits per heavy atom. The largest absolute Gasteiger partial charge is 0.466 e. The molecule has 0 aliphatic heterocycles. The first kappa shape index (κ1) is 10.3. The van der Waals surface area contributed by atoms with E-state index < -0.39 is 0 Å². The molecule has 0 aliphatic rings. The number of furan rings is 1. The lowest BCUT2D eigenvalue weighted by Gasteiger charge is -2.17. The van der Waals surface area contributed by atoms with Gasteiger partial charge in [-0.2, -0.15) is 0 Å². The summed E-state index contributed by atoms with van der Waals surface area (Å²) in [5, 5.41) is 0. The Kier molecular flexibility index (Phi) is 3.15. The molecule has 0 aromatic carbocycles. The van der Waals surface area contributed by atoms with Crippen molar-refractivity contribution in [3.63, 3.8) is 0 Å². The SMILES string of the molecule is CCC(C)C(N)c1cc(C)oc1C. The van der Waals surface area contributed by atoms with Crippen molar-refractivity contribution < 1.29 is 4.42 Å². The summed E-state index contributed by atoms with van der Waals surface area (Å²) in [6.45, 7) is 8.27. The lowest BCUT2D eigenvalue weighted by Crippen LogP contribution is -2.18. The second-order valence-electron chi connectivity index (χ2n) is 3.78. The van der Waals surface area contributed by atoms with Crippen molar-refractivity contribution >= 4 is 0 Å². The van der Waals surface area contributed by atoms with Gasteiger partial charge >= 0.3 is 0 Å². The van der Waals surface area contributed by atoms with Crippen molar-refractivity contribution in [2.24, 2.45) is 11.7 Å². The summed E-state index contributed by atoms with van der Waals surface area (Å²) < 4.78 is 5.45. The molecule has 0 spiro atoms. The molecule has 0 radical (unpaired) electrons. The Balaban J connectivity index is 2.87. The lowest BCUT2D eigenvalue weighted by molar-refractivity contribution is 0.441. The molecule has 1 aromatic heterocycles. The van der Waals surface area contributed by atoms with Crippen LogP contribution < -0.4 is 5.73 Å². The van der Waals surface area contributed by atoms with E-state index in [1.54, 1.807) is 0 Å². The van der Waals surface area contributed by atoms with E-state index in [2.05, 4.69) is 13.8 Å². The van der Waals surface area contributed by atoms with Gasteiger partial charge in [0.1, 0.15) is 11.5 Å². The molecule has 0 saturated heterocycles. The van der Waals surface area contributed by atoms with E-state index >= 15 is 0 Å². The van der Waals surface area contributed by atoms with Crippen molar-refractivity contribution in [1.82, 2.24) is 0 Å². The monoisotopic (exact) mass is 181 g/mol. The average Bonchev–Trinajstić information content (AvgIpc) is 2.42. The fourth-order valence-corrected chi connectivity index (χ4v) is 1.54. The summed E-state index contributed by atoms with van der Waals surface area (Å²) in [5.74, 6) is 2.42. The molecule has 0 aliphatic carbocycles. The Labute approximate surface area is 80.1 Å². The molecule has 1 rings (SSSR count). The molecule has 0 fully saturated rings. The zero-order valence-corrected chi connectivity index (χ0v) is 8.92. The molecule has 74 valence electrons. The molecular weight excluding hydrogens is 162 g/mol. The van der Waals surface area contributed by atoms with Crippen LogP contribution in [0.5, 0.6) is 0 Å². The van der Waals surface area contributed by atoms with Gasteiger partial charge in [-0.25, -0.2) is 0 Å². The predicted octanol–water partition coefficient (Wildman–Crippen LogP) is 2.94. The Morgan fingerprint density at radius 3 is 2.46 bits per heavy atom. The van der Waals surface area contributed by atoms with E-state index in [1.807, 2.05) is 19.9 Å². The quantitative estimate of drug-likeness (QED) is 0.778. The maximum absolute atomic E-state index is 6.10. The van der Waals surface area contributed by atoms with Gasteiger partial charge in [0.15, 0.2) is 0 Å². The van der Waals surface area contributed by atoms with E-state index in [-0.39, 0.29) is 6.04 Å². The van der Waals surface area contributed by atoms with Crippen molar-refractivity contribution in [1.29, 1.82) is 0 Å². The minimum Gasteiger partial charge on any atom is -0.466 e. The fraction of sp³-hybridized carbons (Fsp3) is 0.636. The van der Waals surface area contributed by atoms with Crippen molar-refractivity contribution in [3.05, 3.63) is 23.2 Å². The molecule has 0 bridgehead atoms. The van der Waals surface area contributed by atoms with Crippen LogP contribution in [-0.2, 0) is 0 Å². The first-order chi connectivity index (χ1) is 6.06. The number of hydrogen-bond donors (Lipinski definition) is 1. The summed E-state index contributed by atoms with van der Waals surface area (Å²) in [6, 6.07) is 2.16. The third-order valence-corrected chi connectivity index (χ3v) is 2.70. The van der Waals surface area contributed by atoms with Gasteiger partial charge in [0, 0.05) is 11.6 Å². The zero-order valence-electron chi connectivity index (χ0n) is 8.92. The highest BCUT2D eigenvalue weighted by Crippen LogP contribution is 2.26. The maximum atomic E-state index is 6.10. The van der Waals surface area contributed by atoms with Gasteiger partial charge in [-0.05, 0) is 25.8 Å². The lowest BCUT2D eigenvalue weighted by atomic mass is 9.93. The highest BCUT2D eigenvalue weighted by Gasteiger charge is 2.17. The minimum absolute atomic E-state index is 0.113. The van der Waals surface area contributed by atoms with Crippen LogP contribution in [0.4, 0.5) is 0 Å². The number of aryl methyl sites for hydroxylation is 2. The van der Waals surface area contributed by atoms with Crippen LogP contribution in [0.1, 0.15) is 43.4 Å². The second-order valence-corrected chi connectivity index (χ2v) is 3.78. The van der Waals surface area contributed by atoms with Gasteiger partial charge in [-0.1, -0.05) is 20.3 Å². The van der Waals surface area contributed by atoms with E-state index in [0.717, 1.165) is 23.5 Å². The molecule has 2 heteroatoms. The van der Waals surface area contributed by atoms with E-state index in [0.29, 0.717) is 5.92 Å². The van der Waals surface area contributed by atoms with Crippen LogP contribution >= 0.6 is 0 Å². The standard InChI is InChI=1S/C11H19NO/c1-5-7(2)11(12)10-6-8(3)13-9(10)4/h6-7,11H,5,12H2,1-4H3. The Bertz CT molecular complexity index is 278. The van der Waals surface area contributed by atoms with Crippen LogP contribution in [0, 0.1) is 19.8 Å². The van der Waals surface area contributed by atoms with Gasteiger partial charge in [0.2, 0.25) is 0 Å². The summed E-state index contributed by atoms with van der Waals surface area (Å²) in [4.78, 5) is 0. The van der Waals surface area contributed by atoms with Crippen LogP contribution in [0.2, 0.25) is 0 Å². The first-order valence-electron chi connectivity index (χ1n) is 4.88. The van der Waals surface area contributed by atoms with Crippen LogP contribution in [0.3, 0.4) is 0 Å². The number of hydrogen-bond acceptors (Lipinski definition) is 2. The predicted molar refractivity (Wildman–Crippen MR) is 54.6 cm³/mol. The maximum Gasteiger partial charge on any atom is 0.105 e. The van der Waals surface area contributed by atoms with E-state index in [1.165, 1.54) is 0 Å². The third-order valence-electron chi connectivity index (χ3n) is 2.70. The van der Waals surface area contributed by atoms with Gasteiger partial charge in [-0.15, -0.1) is 0 Å². The number of nitrogens with two attached hydrogens (primary N) is 1. The smallest absolute Gasteiger partial charge is 0.105 e. The molecular formula is C11H19NO. The van der Waals surface area contributed by atoms with Crippen LogP contribution in [0.25, 0.3) is 0 Å². The fourth-order valence-electron chi connectivity index (χ4n) is 1.54. The van der Waals surface area contributed by atoms with E-state index in [9.17, 15) is 0 Å². The zero-order chi connectivity index (χ0) is 10.0. The second kappa shape index (κ2) is 3.97. The van der Waals surface area contributed by atoms with Gasteiger partial charge in [-0.3, -0.25) is 0 Å². The van der Waals surface area contributed by atoms with Crippen LogP contribution in [0.15, 0.2) is 10.5 Å². The molecule has 2 unspecified atom stereocenters. The van der Waals surface area contributed by atoms with Crippen molar-refractivity contribution in [2.75, 3.05) is 0 Å². The van der Waals surface area contributed by atoms with Gasteiger partial charge in [0.25, 0.3) is 0 Å². The molecule has 1 aromatic rings. The summed E-state index contributed by atoms with van der Waals surface area (Å²) in [6.07, 6.45) is 1.10. The summed E-state index contributed by atoms with van der Waals surface area (Å²) >= 11 is 0. The van der Waals surface area contributed by atoms with E-state index in [4.69, 9.17) is 10.2 Å². The Morgan fingerprint density at radius 1 is 1.46 bits per heavy atom. The molecule has 2 nitrogen and oxygen atoms in total. The molecule has 2 N–H and O–H groups in total. The van der Waals surface area contributed by atoms with Crippen LogP contribution in [-0.4, -0.2) is 0 Å². The van der Waals surface area contributed by atoms with Crippen molar-refractivity contribution in [3.8, 4) is 0 Å². The van der Waals surface area contributed by atoms with Gasteiger partial charge < -0.3 is 10.2 Å². The molecule has 0 saturated carbocycles. The highest BCUT2D eigenvalue weighted by atomic mass is 16.3. The highest BCUT2D eigenvalue weighted by molar-refractivity contribution is 5.24. The van der Waals surface area contributed by atoms with Gasteiger partial charge in [0.05, 0.1) is 0 Å². The third kappa shape index (κ3) is 2.13. The topological polar surface area (TPSA) is 39.2 Å². The van der Waals surface area contributed by atoms with Crippen molar-refractivity contribution in [2.45, 2.75) is 40.2 Å². The summed E-state index contributed by atoms with van der Waals surface area (Å²) in [5.41, 5.74) is 7.26. The molecule has 1 heterocycles. The molecule has 13 heavy (non-hydrogen) atoms. The average molecular weight is 181 g/mol. The number of rotatable bonds is 3. The first-order valence-corrected chi connectivity index (χ1v) is 4.88. The normalized spacial score (nSPS) is 15.8. The molecule has 0 amide bonds.